The van der Waals surface area contributed by atoms with E-state index in [2.05, 4.69) is 15.1 Å². The maximum Gasteiger partial charge on any atom is 0.265 e. The van der Waals surface area contributed by atoms with Crippen molar-refractivity contribution in [3.8, 4) is 11.5 Å². The number of fused-ring (bicyclic) bond motifs is 1. The second kappa shape index (κ2) is 3.58. The van der Waals surface area contributed by atoms with Gasteiger partial charge in [-0.2, -0.15) is 4.98 Å². The maximum atomic E-state index is 5.20. The largest absolute Gasteiger partial charge is 0.344 e. The van der Waals surface area contributed by atoms with Crippen LogP contribution in [0.3, 0.4) is 0 Å². The molecule has 0 aliphatic carbocycles. The summed E-state index contributed by atoms with van der Waals surface area (Å²) in [4.78, 5) is 10.3. The van der Waals surface area contributed by atoms with E-state index in [9.17, 15) is 0 Å². The smallest absolute Gasteiger partial charge is 0.265 e. The number of hydrogen-bond acceptors (Lipinski definition) is 5. The molecule has 17 heavy (non-hydrogen) atoms. The van der Waals surface area contributed by atoms with Crippen LogP contribution < -0.4 is 4.90 Å². The van der Waals surface area contributed by atoms with Gasteiger partial charge < -0.3 is 13.8 Å². The quantitative estimate of drug-likeness (QED) is 0.665. The van der Waals surface area contributed by atoms with Crippen LogP contribution in [0.4, 0.5) is 5.95 Å². The predicted molar refractivity (Wildman–Crippen MR) is 62.8 cm³/mol. The van der Waals surface area contributed by atoms with Gasteiger partial charge in [-0.15, -0.1) is 0 Å². The molecule has 6 heteroatoms. The van der Waals surface area contributed by atoms with Crippen molar-refractivity contribution in [1.29, 1.82) is 0 Å². The Kier molecular flexibility index (Phi) is 2.07. The van der Waals surface area contributed by atoms with Gasteiger partial charge in [0.05, 0.1) is 0 Å². The lowest BCUT2D eigenvalue weighted by Crippen LogP contribution is -2.10. The first-order chi connectivity index (χ1) is 8.24. The molecule has 0 aromatic carbocycles. The normalized spacial score (nSPS) is 10.9. The lowest BCUT2D eigenvalue weighted by molar-refractivity contribution is 0.431. The van der Waals surface area contributed by atoms with Crippen molar-refractivity contribution in [3.63, 3.8) is 0 Å². The molecule has 3 aromatic rings. The molecular weight excluding hydrogens is 218 g/mol. The van der Waals surface area contributed by atoms with Gasteiger partial charge in [0, 0.05) is 38.2 Å². The summed E-state index contributed by atoms with van der Waals surface area (Å²) in [5, 5.41) is 3.87. The average molecular weight is 229 g/mol. The molecule has 3 heterocycles. The summed E-state index contributed by atoms with van der Waals surface area (Å²) < 4.78 is 7.12. The Balaban J connectivity index is 2.06. The first-order valence-electron chi connectivity index (χ1n) is 5.18. The molecule has 0 amide bonds. The molecule has 6 nitrogen and oxygen atoms in total. The van der Waals surface area contributed by atoms with Gasteiger partial charge in [0.15, 0.2) is 0 Å². The molecule has 0 spiro atoms. The zero-order valence-corrected chi connectivity index (χ0v) is 9.53. The fourth-order valence-corrected chi connectivity index (χ4v) is 1.56. The number of imidazole rings is 1. The standard InChI is InChI=1S/C11H11N5O/c1-15(2)11-13-10(17-14-11)8-3-5-16-6-4-12-9(16)7-8/h3-7H,1-2H3. The number of anilines is 1. The zero-order valence-electron chi connectivity index (χ0n) is 9.53. The fourth-order valence-electron chi connectivity index (χ4n) is 1.56. The third-order valence-electron chi connectivity index (χ3n) is 2.46. The minimum Gasteiger partial charge on any atom is -0.344 e. The number of nitrogens with zero attached hydrogens (tertiary/aromatic N) is 5. The van der Waals surface area contributed by atoms with Gasteiger partial charge in [0.1, 0.15) is 5.65 Å². The lowest BCUT2D eigenvalue weighted by Gasteiger charge is -2.02. The topological polar surface area (TPSA) is 59.5 Å². The van der Waals surface area contributed by atoms with Gasteiger partial charge in [-0.1, -0.05) is 0 Å². The SMILES string of the molecule is CN(C)c1noc(-c2ccn3ccnc3c2)n1. The Morgan fingerprint density at radius 3 is 2.94 bits per heavy atom. The van der Waals surface area contributed by atoms with Crippen molar-refractivity contribution >= 4 is 11.6 Å². The summed E-state index contributed by atoms with van der Waals surface area (Å²) in [6.07, 6.45) is 5.55. The second-order valence-electron chi connectivity index (χ2n) is 3.90. The Morgan fingerprint density at radius 2 is 2.18 bits per heavy atom. The van der Waals surface area contributed by atoms with Crippen molar-refractivity contribution < 1.29 is 4.52 Å². The molecule has 0 radical (unpaired) electrons. The number of rotatable bonds is 2. The molecule has 0 saturated carbocycles. The molecule has 0 saturated heterocycles. The summed E-state index contributed by atoms with van der Waals surface area (Å²) in [6.45, 7) is 0. The van der Waals surface area contributed by atoms with Gasteiger partial charge >= 0.3 is 0 Å². The highest BCUT2D eigenvalue weighted by Gasteiger charge is 2.10. The third-order valence-corrected chi connectivity index (χ3v) is 2.46. The third kappa shape index (κ3) is 1.63. The van der Waals surface area contributed by atoms with E-state index in [4.69, 9.17) is 4.52 Å². The Morgan fingerprint density at radius 1 is 1.29 bits per heavy atom. The van der Waals surface area contributed by atoms with E-state index in [1.54, 1.807) is 11.1 Å². The predicted octanol–water partition coefficient (Wildman–Crippen LogP) is 1.45. The van der Waals surface area contributed by atoms with Crippen molar-refractivity contribution in [2.75, 3.05) is 19.0 Å². The van der Waals surface area contributed by atoms with Gasteiger partial charge in [0.2, 0.25) is 0 Å². The average Bonchev–Trinajstić information content (AvgIpc) is 2.97. The summed E-state index contributed by atoms with van der Waals surface area (Å²) in [5.74, 6) is 1.06. The summed E-state index contributed by atoms with van der Waals surface area (Å²) in [6, 6.07) is 3.83. The zero-order chi connectivity index (χ0) is 11.8. The van der Waals surface area contributed by atoms with Gasteiger partial charge in [-0.05, 0) is 17.3 Å². The van der Waals surface area contributed by atoms with Crippen LogP contribution in [0.15, 0.2) is 35.2 Å². The van der Waals surface area contributed by atoms with Crippen LogP contribution in [0.25, 0.3) is 17.1 Å². The monoisotopic (exact) mass is 229 g/mol. The molecule has 0 aliphatic rings. The second-order valence-corrected chi connectivity index (χ2v) is 3.90. The van der Waals surface area contributed by atoms with E-state index in [1.165, 1.54) is 0 Å². The van der Waals surface area contributed by atoms with E-state index >= 15 is 0 Å². The number of aromatic nitrogens is 4. The van der Waals surface area contributed by atoms with Crippen molar-refractivity contribution in [2.24, 2.45) is 0 Å². The molecule has 3 aromatic heterocycles. The molecular formula is C11H11N5O. The minimum atomic E-state index is 0.499. The highest BCUT2D eigenvalue weighted by molar-refractivity contribution is 5.60. The Bertz CT molecular complexity index is 654. The fraction of sp³-hybridized carbons (Fsp3) is 0.182. The number of pyridine rings is 1. The number of hydrogen-bond donors (Lipinski definition) is 0. The maximum absolute atomic E-state index is 5.20. The molecule has 0 atom stereocenters. The molecule has 0 aliphatic heterocycles. The molecule has 86 valence electrons. The van der Waals surface area contributed by atoms with E-state index in [1.807, 2.05) is 43.0 Å². The van der Waals surface area contributed by atoms with Crippen LogP contribution in [-0.2, 0) is 0 Å². The van der Waals surface area contributed by atoms with E-state index in [-0.39, 0.29) is 0 Å². The van der Waals surface area contributed by atoms with Crippen molar-refractivity contribution in [2.45, 2.75) is 0 Å². The van der Waals surface area contributed by atoms with Crippen molar-refractivity contribution in [1.82, 2.24) is 19.5 Å². The van der Waals surface area contributed by atoms with E-state index in [0.717, 1.165) is 11.2 Å². The highest BCUT2D eigenvalue weighted by atomic mass is 16.5. The summed E-state index contributed by atoms with van der Waals surface area (Å²) in [5.41, 5.74) is 1.72. The van der Waals surface area contributed by atoms with Crippen LogP contribution in [0.5, 0.6) is 0 Å². The van der Waals surface area contributed by atoms with Crippen molar-refractivity contribution in [3.05, 3.63) is 30.7 Å². The van der Waals surface area contributed by atoms with Crippen LogP contribution in [0.2, 0.25) is 0 Å². The minimum absolute atomic E-state index is 0.499. The van der Waals surface area contributed by atoms with Gasteiger partial charge in [-0.3, -0.25) is 0 Å². The van der Waals surface area contributed by atoms with E-state index < -0.39 is 0 Å². The van der Waals surface area contributed by atoms with Crippen LogP contribution in [0, 0.1) is 0 Å². The van der Waals surface area contributed by atoms with E-state index in [0.29, 0.717) is 11.8 Å². The van der Waals surface area contributed by atoms with Crippen LogP contribution >= 0.6 is 0 Å². The van der Waals surface area contributed by atoms with Crippen LogP contribution in [-0.4, -0.2) is 33.6 Å². The summed E-state index contributed by atoms with van der Waals surface area (Å²) in [7, 11) is 3.73. The summed E-state index contributed by atoms with van der Waals surface area (Å²) >= 11 is 0. The molecule has 0 N–H and O–H groups in total. The lowest BCUT2D eigenvalue weighted by atomic mass is 10.2. The molecule has 0 fully saturated rings. The first-order valence-corrected chi connectivity index (χ1v) is 5.18. The Hall–Kier alpha value is -2.37. The highest BCUT2D eigenvalue weighted by Crippen LogP contribution is 2.20. The molecule has 3 rings (SSSR count). The first kappa shape index (κ1) is 9.83. The molecule has 0 bridgehead atoms. The molecule has 0 unspecified atom stereocenters. The Labute approximate surface area is 97.5 Å². The van der Waals surface area contributed by atoms with Gasteiger partial charge in [-0.25, -0.2) is 4.98 Å². The van der Waals surface area contributed by atoms with Gasteiger partial charge in [0.25, 0.3) is 11.8 Å². The van der Waals surface area contributed by atoms with Crippen LogP contribution in [0.1, 0.15) is 0 Å².